The lowest BCUT2D eigenvalue weighted by Crippen LogP contribution is -2.20. The van der Waals surface area contributed by atoms with Gasteiger partial charge in [-0.2, -0.15) is 0 Å². The Bertz CT molecular complexity index is 1530. The molecule has 13 nitrogen and oxygen atoms in total. The van der Waals surface area contributed by atoms with E-state index in [9.17, 15) is 4.79 Å². The Kier molecular flexibility index (Phi) is 14.4. The predicted molar refractivity (Wildman–Crippen MR) is 177 cm³/mol. The van der Waals surface area contributed by atoms with Crippen molar-refractivity contribution < 1.29 is 10.0 Å². The van der Waals surface area contributed by atoms with Crippen LogP contribution in [0.25, 0.3) is 16.9 Å². The Morgan fingerprint density at radius 1 is 1.21 bits per heavy atom. The van der Waals surface area contributed by atoms with E-state index < -0.39 is 0 Å². The molecule has 4 rings (SSSR count). The number of aldehydes is 1. The van der Waals surface area contributed by atoms with E-state index in [2.05, 4.69) is 37.2 Å². The number of carbonyl (C=O) groups is 1. The van der Waals surface area contributed by atoms with E-state index >= 15 is 0 Å². The van der Waals surface area contributed by atoms with Gasteiger partial charge in [-0.3, -0.25) is 14.8 Å². The highest BCUT2D eigenvalue weighted by atomic mass is 16.5. The van der Waals surface area contributed by atoms with E-state index in [-0.39, 0.29) is 0 Å². The fourth-order valence-electron chi connectivity index (χ4n) is 3.66. The van der Waals surface area contributed by atoms with Crippen molar-refractivity contribution in [3.63, 3.8) is 0 Å². The average molecular weight is 586 g/mol. The molecular weight excluding hydrogens is 546 g/mol. The van der Waals surface area contributed by atoms with Gasteiger partial charge in [0.05, 0.1) is 17.8 Å². The molecule has 0 radical (unpaired) electrons. The second kappa shape index (κ2) is 18.2. The molecule has 0 fully saturated rings. The number of hydrogen-bond acceptors (Lipinski definition) is 12. The van der Waals surface area contributed by atoms with Crippen LogP contribution in [0.2, 0.25) is 0 Å². The quantitative estimate of drug-likeness (QED) is 0.0505. The molecule has 0 atom stereocenters. The first-order chi connectivity index (χ1) is 20.8. The van der Waals surface area contributed by atoms with Crippen molar-refractivity contribution in [2.75, 3.05) is 57.2 Å². The van der Waals surface area contributed by atoms with Crippen LogP contribution in [-0.2, 0) is 4.79 Å². The van der Waals surface area contributed by atoms with Crippen LogP contribution in [0.5, 0.6) is 0 Å². The van der Waals surface area contributed by atoms with E-state index in [1.165, 1.54) is 25.7 Å². The predicted octanol–water partition coefficient (Wildman–Crippen LogP) is 3.44. The third-order valence-corrected chi connectivity index (χ3v) is 5.66. The Labute approximate surface area is 251 Å². The molecule has 7 N–H and O–H groups in total. The summed E-state index contributed by atoms with van der Waals surface area (Å²) in [6.45, 7) is 4.54. The maximum absolute atomic E-state index is 10.9. The second-order valence-corrected chi connectivity index (χ2v) is 8.90. The molecule has 43 heavy (non-hydrogen) atoms. The Hall–Kier alpha value is -5.24. The van der Waals surface area contributed by atoms with E-state index in [0.717, 1.165) is 22.6 Å². The van der Waals surface area contributed by atoms with Crippen LogP contribution >= 0.6 is 0 Å². The van der Waals surface area contributed by atoms with Gasteiger partial charge >= 0.3 is 0 Å². The number of allylic oxidation sites excluding steroid dienone is 1. The van der Waals surface area contributed by atoms with E-state index in [4.69, 9.17) is 21.3 Å². The van der Waals surface area contributed by atoms with Crippen LogP contribution in [0.1, 0.15) is 5.56 Å². The number of nitrogens with zero attached hydrogens (tertiary/aromatic N) is 6. The summed E-state index contributed by atoms with van der Waals surface area (Å²) in [4.78, 5) is 30.1. The molecule has 0 aliphatic heterocycles. The van der Waals surface area contributed by atoms with Crippen molar-refractivity contribution in [2.24, 2.45) is 9.98 Å². The number of nitrogen functional groups attached to an aromatic ring is 1. The first kappa shape index (κ1) is 34.0. The summed E-state index contributed by atoms with van der Waals surface area (Å²) in [5.74, 6) is 0.612. The summed E-state index contributed by atoms with van der Waals surface area (Å²) in [5.41, 5.74) is 13.6. The lowest BCUT2D eigenvalue weighted by Gasteiger charge is -2.18. The zero-order valence-electron chi connectivity index (χ0n) is 24.8. The summed E-state index contributed by atoms with van der Waals surface area (Å²) >= 11 is 0. The molecule has 0 bridgehead atoms. The van der Waals surface area contributed by atoms with Crippen LogP contribution in [-0.4, -0.2) is 86.3 Å². The molecule has 226 valence electrons. The van der Waals surface area contributed by atoms with Gasteiger partial charge in [-0.05, 0) is 51.1 Å². The third-order valence-electron chi connectivity index (χ3n) is 5.66. The summed E-state index contributed by atoms with van der Waals surface area (Å²) in [6.07, 6.45) is 10.3. The first-order valence-electron chi connectivity index (χ1n) is 13.2. The third kappa shape index (κ3) is 10.3. The van der Waals surface area contributed by atoms with Crippen molar-refractivity contribution in [2.45, 2.75) is 0 Å². The molecular formula is C30H39N11O2. The topological polar surface area (TPSA) is 181 Å². The highest BCUT2D eigenvalue weighted by molar-refractivity contribution is 6.01. The molecule has 2 aromatic carbocycles. The Balaban J connectivity index is 0.000000992. The molecule has 0 amide bonds. The number of hydrogen-bond donors (Lipinski definition) is 6. The number of hydroxylamine groups is 1. The summed E-state index contributed by atoms with van der Waals surface area (Å²) in [5, 5.41) is 20.9. The number of carbonyl (C=O) groups excluding carboxylic acids is 1. The van der Waals surface area contributed by atoms with Gasteiger partial charge in [0, 0.05) is 86.0 Å². The number of benzene rings is 2. The molecule has 0 aliphatic carbocycles. The number of nitrogens with two attached hydrogens (primary N) is 1. The normalized spacial score (nSPS) is 10.8. The van der Waals surface area contributed by atoms with Crippen LogP contribution in [0.3, 0.4) is 0 Å². The summed E-state index contributed by atoms with van der Waals surface area (Å²) in [6, 6.07) is 13.5. The van der Waals surface area contributed by atoms with Crippen LogP contribution < -0.4 is 26.7 Å². The van der Waals surface area contributed by atoms with Gasteiger partial charge in [-0.25, -0.2) is 15.4 Å². The highest BCUT2D eigenvalue weighted by Gasteiger charge is 2.11. The minimum atomic E-state index is 0.379. The SMILES string of the molecule is C=N/C=C(/C=O)C=NCCN(C)c1ccc(Nc2nc(-c3ccc(C=N)c(N)c3)cn3ccnc23)cc1.CNC.CNO. The fourth-order valence-corrected chi connectivity index (χ4v) is 3.66. The molecule has 2 aromatic heterocycles. The van der Waals surface area contributed by atoms with Crippen LogP contribution in [0.15, 0.2) is 82.8 Å². The van der Waals surface area contributed by atoms with Crippen molar-refractivity contribution in [1.82, 2.24) is 25.2 Å². The lowest BCUT2D eigenvalue weighted by molar-refractivity contribution is -0.104. The van der Waals surface area contributed by atoms with Crippen molar-refractivity contribution in [1.29, 1.82) is 5.41 Å². The van der Waals surface area contributed by atoms with E-state index in [0.29, 0.717) is 47.7 Å². The smallest absolute Gasteiger partial charge is 0.180 e. The molecule has 0 aliphatic rings. The second-order valence-electron chi connectivity index (χ2n) is 8.90. The first-order valence-corrected chi connectivity index (χ1v) is 13.2. The number of rotatable bonds is 11. The Morgan fingerprint density at radius 2 is 1.91 bits per heavy atom. The van der Waals surface area contributed by atoms with Crippen molar-refractivity contribution >= 4 is 54.0 Å². The number of fused-ring (bicyclic) bond motifs is 1. The maximum atomic E-state index is 10.9. The van der Waals surface area contributed by atoms with Crippen molar-refractivity contribution in [3.8, 4) is 11.3 Å². The van der Waals surface area contributed by atoms with Gasteiger partial charge in [0.15, 0.2) is 17.8 Å². The van der Waals surface area contributed by atoms with Gasteiger partial charge < -0.3 is 36.3 Å². The number of likely N-dealkylation sites (N-methyl/N-ethyl adjacent to an activating group) is 1. The molecule has 4 aromatic rings. The van der Waals surface area contributed by atoms with Gasteiger partial charge in [-0.1, -0.05) is 12.1 Å². The van der Waals surface area contributed by atoms with Gasteiger partial charge in [0.25, 0.3) is 0 Å². The molecule has 0 saturated heterocycles. The van der Waals surface area contributed by atoms with E-state index in [1.807, 2.05) is 80.4 Å². The number of aliphatic imine (C=N–C) groups is 2. The maximum Gasteiger partial charge on any atom is 0.180 e. The standard InChI is InChI=1S/C27H27N9O.C2H7N.CH5NO/c1-30-15-19(18-37)16-31-9-11-35(2)23-7-5-22(6-8-23)33-26-27-32-10-12-36(27)17-25(34-26)20-3-4-21(14-28)24(29)13-20;1-3-2;1-2-3/h3-8,10,12-18,28H,1,9,11,29H2,2H3,(H,33,34);3H,1-2H3;2-3H,1H3/b19-15+,28-14?,31-16?;;. The zero-order chi connectivity index (χ0) is 31.6. The largest absolute Gasteiger partial charge is 0.398 e. The number of anilines is 4. The highest BCUT2D eigenvalue weighted by Crippen LogP contribution is 2.27. The average Bonchev–Trinajstić information content (AvgIpc) is 3.49. The Morgan fingerprint density at radius 3 is 2.51 bits per heavy atom. The van der Waals surface area contributed by atoms with Gasteiger partial charge in [0.1, 0.15) is 0 Å². The zero-order valence-corrected chi connectivity index (χ0v) is 24.8. The summed E-state index contributed by atoms with van der Waals surface area (Å²) < 4.78 is 1.91. The van der Waals surface area contributed by atoms with Crippen molar-refractivity contribution in [3.05, 3.63) is 78.4 Å². The number of nitrogens with one attached hydrogen (secondary N) is 4. The minimum Gasteiger partial charge on any atom is -0.398 e. The van der Waals surface area contributed by atoms with Gasteiger partial charge in [0.2, 0.25) is 0 Å². The molecule has 0 spiro atoms. The lowest BCUT2D eigenvalue weighted by atomic mass is 10.1. The molecule has 0 unspecified atom stereocenters. The van der Waals surface area contributed by atoms with Gasteiger partial charge in [-0.15, -0.1) is 0 Å². The summed E-state index contributed by atoms with van der Waals surface area (Å²) in [7, 11) is 7.16. The van der Waals surface area contributed by atoms with E-state index in [1.54, 1.807) is 11.7 Å². The number of aromatic nitrogens is 3. The molecule has 2 heterocycles. The minimum absolute atomic E-state index is 0.379. The monoisotopic (exact) mass is 585 g/mol. The number of imidazole rings is 1. The van der Waals surface area contributed by atoms with Crippen LogP contribution in [0, 0.1) is 5.41 Å². The molecule has 13 heteroatoms. The fraction of sp³-hybridized carbons (Fsp3) is 0.200. The molecule has 0 saturated carbocycles. The van der Waals surface area contributed by atoms with Crippen LogP contribution in [0.4, 0.5) is 22.9 Å².